The molecule has 33 heavy (non-hydrogen) atoms. The summed E-state index contributed by atoms with van der Waals surface area (Å²) in [7, 11) is -4.32. The minimum atomic E-state index is -4.32. The van der Waals surface area contributed by atoms with E-state index in [9.17, 15) is 13.0 Å². The first kappa shape index (κ1) is 23.6. The Morgan fingerprint density at radius 2 is 1.76 bits per heavy atom. The molecule has 2 heterocycles. The van der Waals surface area contributed by atoms with Crippen LogP contribution in [0.3, 0.4) is 0 Å². The van der Waals surface area contributed by atoms with Gasteiger partial charge in [0.25, 0.3) is 15.6 Å². The molecule has 0 unspecified atom stereocenters. The molecule has 0 aliphatic carbocycles. The third-order valence-electron chi connectivity index (χ3n) is 5.42. The highest BCUT2D eigenvalue weighted by Gasteiger charge is 2.34. The molecule has 0 fully saturated rings. The summed E-state index contributed by atoms with van der Waals surface area (Å²) < 4.78 is 41.4. The molecule has 10 heteroatoms. The van der Waals surface area contributed by atoms with Gasteiger partial charge in [-0.2, -0.15) is 13.0 Å². The van der Waals surface area contributed by atoms with Crippen LogP contribution in [0.1, 0.15) is 26.7 Å². The zero-order chi connectivity index (χ0) is 23.9. The number of oxazole rings is 1. The highest BCUT2D eigenvalue weighted by atomic mass is 35.5. The Balaban J connectivity index is 1.84. The number of hydrogen-bond donors (Lipinski definition) is 1. The van der Waals surface area contributed by atoms with Crippen LogP contribution in [0.15, 0.2) is 58.3 Å². The van der Waals surface area contributed by atoms with E-state index in [-0.39, 0.29) is 0 Å². The molecule has 1 aromatic heterocycles. The lowest BCUT2D eigenvalue weighted by Gasteiger charge is -2.23. The monoisotopic (exact) mass is 508 g/mol. The Hall–Kier alpha value is -2.52. The lowest BCUT2D eigenvalue weighted by atomic mass is 10.2. The summed E-state index contributed by atoms with van der Waals surface area (Å²) in [4.78, 5) is 3.44. The van der Waals surface area contributed by atoms with Gasteiger partial charge in [0, 0.05) is 12.6 Å². The van der Waals surface area contributed by atoms with E-state index in [1.54, 1.807) is 12.1 Å². The lowest BCUT2D eigenvalue weighted by Crippen LogP contribution is -2.33. The van der Waals surface area contributed by atoms with Crippen molar-refractivity contribution in [1.82, 2.24) is 0 Å². The second-order valence-electron chi connectivity index (χ2n) is 7.68. The highest BCUT2D eigenvalue weighted by Crippen LogP contribution is 2.46. The van der Waals surface area contributed by atoms with Gasteiger partial charge >= 0.3 is 5.89 Å². The number of nitrogens with zero attached hydrogens (tertiary/aromatic N) is 3. The van der Waals surface area contributed by atoms with Gasteiger partial charge in [-0.1, -0.05) is 35.3 Å². The number of allylic oxidation sites excluding steroid dienone is 2. The topological polar surface area (TPSA) is 77.9 Å². The van der Waals surface area contributed by atoms with Crippen LogP contribution in [-0.4, -0.2) is 25.4 Å². The minimum Gasteiger partial charge on any atom is -0.398 e. The fourth-order valence-electron chi connectivity index (χ4n) is 4.06. The molecule has 1 aliphatic heterocycles. The summed E-state index contributed by atoms with van der Waals surface area (Å²) in [5.41, 5.74) is 3.87. The van der Waals surface area contributed by atoms with Crippen LogP contribution in [0.2, 0.25) is 10.0 Å². The van der Waals surface area contributed by atoms with Crippen molar-refractivity contribution in [2.45, 2.75) is 27.3 Å². The lowest BCUT2D eigenvalue weighted by molar-refractivity contribution is -0.674. The molecular formula is C23H24Cl2N3O4S+. The number of anilines is 2. The molecule has 0 radical (unpaired) electrons. The van der Waals surface area contributed by atoms with E-state index in [4.69, 9.17) is 27.6 Å². The highest BCUT2D eigenvalue weighted by molar-refractivity contribution is 7.85. The van der Waals surface area contributed by atoms with Gasteiger partial charge in [-0.15, -0.1) is 0 Å². The van der Waals surface area contributed by atoms with Crippen LogP contribution in [0.25, 0.3) is 17.2 Å². The smallest absolute Gasteiger partial charge is 0.374 e. The van der Waals surface area contributed by atoms with Gasteiger partial charge in [-0.3, -0.25) is 4.55 Å². The predicted octanol–water partition coefficient (Wildman–Crippen LogP) is 5.48. The van der Waals surface area contributed by atoms with Crippen LogP contribution >= 0.6 is 23.2 Å². The van der Waals surface area contributed by atoms with E-state index < -0.39 is 16.0 Å². The first-order chi connectivity index (χ1) is 15.6. The maximum atomic E-state index is 11.8. The summed E-state index contributed by atoms with van der Waals surface area (Å²) in [5.74, 6) is 0.642. The van der Waals surface area contributed by atoms with Crippen molar-refractivity contribution >= 4 is 61.9 Å². The molecule has 0 atom stereocenters. The molecule has 7 nitrogen and oxygen atoms in total. The number of halogens is 2. The van der Waals surface area contributed by atoms with Crippen molar-refractivity contribution in [1.29, 1.82) is 0 Å². The number of rotatable bonds is 6. The van der Waals surface area contributed by atoms with Crippen molar-refractivity contribution in [2.24, 2.45) is 0 Å². The molecule has 4 rings (SSSR count). The second kappa shape index (κ2) is 9.02. The molecule has 174 valence electrons. The Morgan fingerprint density at radius 1 is 1.12 bits per heavy atom. The van der Waals surface area contributed by atoms with Gasteiger partial charge in [-0.05, 0) is 50.6 Å². The second-order valence-corrected chi connectivity index (χ2v) is 9.92. The zero-order valence-electron chi connectivity index (χ0n) is 18.4. The fraction of sp³-hybridized carbons (Fsp3) is 0.261. The fourth-order valence-corrected chi connectivity index (χ4v) is 4.98. The van der Waals surface area contributed by atoms with Gasteiger partial charge in [0.05, 0.1) is 27.5 Å². The molecule has 0 saturated heterocycles. The minimum absolute atomic E-state index is 0.298. The van der Waals surface area contributed by atoms with Crippen molar-refractivity contribution < 1.29 is 22.0 Å². The Labute approximate surface area is 202 Å². The van der Waals surface area contributed by atoms with Crippen molar-refractivity contribution in [3.05, 3.63) is 69.8 Å². The van der Waals surface area contributed by atoms with E-state index in [2.05, 4.69) is 4.57 Å². The molecule has 3 aromatic rings. The van der Waals surface area contributed by atoms with E-state index in [1.807, 2.05) is 62.1 Å². The molecule has 0 saturated carbocycles. The van der Waals surface area contributed by atoms with Crippen molar-refractivity contribution in [3.8, 4) is 0 Å². The van der Waals surface area contributed by atoms with E-state index in [0.717, 1.165) is 23.2 Å². The van der Waals surface area contributed by atoms with Crippen LogP contribution < -0.4 is 14.4 Å². The molecule has 0 spiro atoms. The van der Waals surface area contributed by atoms with Gasteiger partial charge < -0.3 is 14.2 Å². The predicted molar refractivity (Wildman–Crippen MR) is 132 cm³/mol. The van der Waals surface area contributed by atoms with E-state index in [0.29, 0.717) is 39.7 Å². The number of para-hydroxylation sites is 2. The molecule has 0 bridgehead atoms. The quantitative estimate of drug-likeness (QED) is 0.350. The number of benzene rings is 2. The van der Waals surface area contributed by atoms with E-state index in [1.165, 1.54) is 4.90 Å². The average molecular weight is 509 g/mol. The molecular weight excluding hydrogens is 485 g/mol. The summed E-state index contributed by atoms with van der Waals surface area (Å²) in [6, 6.07) is 11.1. The van der Waals surface area contributed by atoms with Crippen LogP contribution in [0.4, 0.5) is 11.4 Å². The van der Waals surface area contributed by atoms with Crippen molar-refractivity contribution in [3.63, 3.8) is 0 Å². The molecule has 1 N–H and O–H groups in total. The van der Waals surface area contributed by atoms with Crippen LogP contribution in [-0.2, 0) is 16.7 Å². The largest absolute Gasteiger partial charge is 0.398 e. The van der Waals surface area contributed by atoms with Crippen LogP contribution in [0.5, 0.6) is 0 Å². The third kappa shape index (κ3) is 4.61. The average Bonchev–Trinajstić information content (AvgIpc) is 3.22. The van der Waals surface area contributed by atoms with Crippen molar-refractivity contribution in [2.75, 3.05) is 22.2 Å². The SMILES string of the molecule is CCN1/C(=C/C(C)=C/c2oc3ccccc3[n+]2CC)N(CS(=O)(=O)O)c2cc(Cl)c(Cl)cc21. The number of aromatic nitrogens is 1. The van der Waals surface area contributed by atoms with E-state index >= 15 is 0 Å². The van der Waals surface area contributed by atoms with Gasteiger partial charge in [-0.25, -0.2) is 0 Å². The summed E-state index contributed by atoms with van der Waals surface area (Å²) in [5, 5.41) is 0.659. The number of fused-ring (bicyclic) bond motifs is 2. The molecule has 1 aliphatic rings. The summed E-state index contributed by atoms with van der Waals surface area (Å²) in [6.45, 7) is 7.17. The van der Waals surface area contributed by atoms with Gasteiger partial charge in [0.1, 0.15) is 12.4 Å². The van der Waals surface area contributed by atoms with Gasteiger partial charge in [0.15, 0.2) is 5.88 Å². The summed E-state index contributed by atoms with van der Waals surface area (Å²) >= 11 is 12.5. The Kier molecular flexibility index (Phi) is 6.46. The summed E-state index contributed by atoms with van der Waals surface area (Å²) in [6.07, 6.45) is 3.75. The maximum Gasteiger partial charge on any atom is 0.374 e. The number of hydrogen-bond acceptors (Lipinski definition) is 5. The normalized spacial score (nSPS) is 15.7. The third-order valence-corrected chi connectivity index (χ3v) is 6.73. The first-order valence-electron chi connectivity index (χ1n) is 10.4. The Morgan fingerprint density at radius 3 is 2.36 bits per heavy atom. The Bertz CT molecular complexity index is 1400. The van der Waals surface area contributed by atoms with Crippen LogP contribution in [0, 0.1) is 0 Å². The zero-order valence-corrected chi connectivity index (χ0v) is 20.7. The maximum absolute atomic E-state index is 11.8. The number of aryl methyl sites for hydroxylation is 1. The standard InChI is InChI=1S/C23H23Cl2N3O4S/c1-4-26-19-12-16(24)17(25)13-20(19)28(14-33(29,30)31)22(26)10-15(3)11-23-27(5-2)18-8-6-7-9-21(18)32-23/h6-13H,4-5,14H2,1-3H3/p+1. The molecule has 0 amide bonds. The first-order valence-corrected chi connectivity index (χ1v) is 12.8. The molecule has 2 aromatic carbocycles. The van der Waals surface area contributed by atoms with Gasteiger partial charge in [0.2, 0.25) is 5.58 Å².